The summed E-state index contributed by atoms with van der Waals surface area (Å²) in [6, 6.07) is 3.11. The van der Waals surface area contributed by atoms with Gasteiger partial charge in [0.05, 0.1) is 0 Å². The molecule has 1 heterocycles. The highest BCUT2D eigenvalue weighted by Gasteiger charge is 2.26. The van der Waals surface area contributed by atoms with Gasteiger partial charge in [0.1, 0.15) is 17.3 Å². The Morgan fingerprint density at radius 1 is 1.25 bits per heavy atom. The van der Waals surface area contributed by atoms with Gasteiger partial charge >= 0.3 is 0 Å². The van der Waals surface area contributed by atoms with E-state index in [1.807, 2.05) is 4.90 Å². The third-order valence-corrected chi connectivity index (χ3v) is 4.00. The smallest absolute Gasteiger partial charge is 0.149 e. The van der Waals surface area contributed by atoms with Gasteiger partial charge in [-0.1, -0.05) is 6.92 Å². The van der Waals surface area contributed by atoms with Gasteiger partial charge in [0.25, 0.3) is 0 Å². The summed E-state index contributed by atoms with van der Waals surface area (Å²) in [5.41, 5.74) is 6.15. The first-order chi connectivity index (χ1) is 9.56. The van der Waals surface area contributed by atoms with Crippen LogP contribution < -0.4 is 10.6 Å². The van der Waals surface area contributed by atoms with Gasteiger partial charge in [0, 0.05) is 25.7 Å². The number of rotatable bonds is 4. The van der Waals surface area contributed by atoms with Crippen LogP contribution >= 0.6 is 0 Å². The monoisotopic (exact) mass is 283 g/mol. The molecule has 1 fully saturated rings. The van der Waals surface area contributed by atoms with Crippen LogP contribution in [0.3, 0.4) is 0 Å². The highest BCUT2D eigenvalue weighted by Crippen LogP contribution is 2.27. The zero-order valence-electron chi connectivity index (χ0n) is 12.2. The van der Waals surface area contributed by atoms with Gasteiger partial charge in [0.2, 0.25) is 0 Å². The van der Waals surface area contributed by atoms with E-state index in [1.165, 1.54) is 12.1 Å². The molecule has 0 aliphatic carbocycles. The van der Waals surface area contributed by atoms with Crippen LogP contribution in [-0.4, -0.2) is 43.7 Å². The van der Waals surface area contributed by atoms with Crippen LogP contribution in [0, 0.1) is 11.6 Å². The van der Waals surface area contributed by atoms with Gasteiger partial charge < -0.3 is 10.6 Å². The van der Waals surface area contributed by atoms with E-state index in [9.17, 15) is 8.78 Å². The molecule has 0 bridgehead atoms. The molecule has 1 aliphatic rings. The lowest BCUT2D eigenvalue weighted by Gasteiger charge is -2.40. The second-order valence-electron chi connectivity index (χ2n) is 5.37. The highest BCUT2D eigenvalue weighted by atomic mass is 19.1. The Hall–Kier alpha value is -1.20. The number of halogens is 2. The Kier molecular flexibility index (Phi) is 4.94. The Bertz CT molecular complexity index is 441. The second-order valence-corrected chi connectivity index (χ2v) is 5.37. The standard InChI is InChI=1S/C15H23F2N3/c1-3-19-6-7-20(10-11(19)2)15-13(16)8-12(4-5-18)9-14(15)17/h8-9,11H,3-7,10,18H2,1-2H3. The van der Waals surface area contributed by atoms with Crippen molar-refractivity contribution in [3.05, 3.63) is 29.3 Å². The van der Waals surface area contributed by atoms with Crippen LogP contribution in [-0.2, 0) is 6.42 Å². The lowest BCUT2D eigenvalue weighted by Crippen LogP contribution is -2.52. The molecule has 2 rings (SSSR count). The minimum Gasteiger partial charge on any atom is -0.364 e. The molecule has 1 atom stereocenters. The molecule has 3 nitrogen and oxygen atoms in total. The van der Waals surface area contributed by atoms with Crippen molar-refractivity contribution < 1.29 is 8.78 Å². The lowest BCUT2D eigenvalue weighted by molar-refractivity contribution is 0.198. The first kappa shape index (κ1) is 15.2. The molecule has 0 aromatic heterocycles. The van der Waals surface area contributed by atoms with E-state index in [0.29, 0.717) is 37.7 Å². The van der Waals surface area contributed by atoms with Crippen molar-refractivity contribution in [2.24, 2.45) is 5.73 Å². The van der Waals surface area contributed by atoms with Gasteiger partial charge in [-0.3, -0.25) is 4.90 Å². The van der Waals surface area contributed by atoms with Gasteiger partial charge in [-0.25, -0.2) is 8.78 Å². The Labute approximate surface area is 119 Å². The maximum atomic E-state index is 14.2. The molecule has 112 valence electrons. The topological polar surface area (TPSA) is 32.5 Å². The summed E-state index contributed by atoms with van der Waals surface area (Å²) in [5, 5.41) is 0. The fourth-order valence-corrected chi connectivity index (χ4v) is 2.90. The van der Waals surface area contributed by atoms with Crippen LogP contribution in [0.2, 0.25) is 0 Å². The van der Waals surface area contributed by atoms with E-state index in [2.05, 4.69) is 18.7 Å². The van der Waals surface area contributed by atoms with Crippen LogP contribution in [0.25, 0.3) is 0 Å². The molecule has 0 radical (unpaired) electrons. The number of nitrogens with zero attached hydrogens (tertiary/aromatic N) is 2. The number of hydrogen-bond donors (Lipinski definition) is 1. The molecule has 0 saturated carbocycles. The summed E-state index contributed by atoms with van der Waals surface area (Å²) in [6.07, 6.45) is 0.494. The SMILES string of the molecule is CCN1CCN(c2c(F)cc(CCN)cc2F)CC1C. The van der Waals surface area contributed by atoms with Gasteiger partial charge in [-0.05, 0) is 44.1 Å². The van der Waals surface area contributed by atoms with Gasteiger partial charge in [-0.2, -0.15) is 0 Å². The van der Waals surface area contributed by atoms with E-state index in [-0.39, 0.29) is 5.69 Å². The average Bonchev–Trinajstić information content (AvgIpc) is 2.38. The zero-order chi connectivity index (χ0) is 14.7. The number of nitrogens with two attached hydrogens (primary N) is 1. The number of anilines is 1. The zero-order valence-corrected chi connectivity index (χ0v) is 12.2. The Balaban J connectivity index is 2.21. The largest absolute Gasteiger partial charge is 0.364 e. The predicted molar refractivity (Wildman–Crippen MR) is 78.0 cm³/mol. The Morgan fingerprint density at radius 3 is 2.40 bits per heavy atom. The maximum absolute atomic E-state index is 14.2. The molecule has 0 amide bonds. The summed E-state index contributed by atoms with van der Waals surface area (Å²) in [6.45, 7) is 7.70. The molecule has 20 heavy (non-hydrogen) atoms. The Morgan fingerprint density at radius 2 is 1.90 bits per heavy atom. The van der Waals surface area contributed by atoms with E-state index >= 15 is 0 Å². The summed E-state index contributed by atoms with van der Waals surface area (Å²) < 4.78 is 28.4. The molecule has 0 spiro atoms. The van der Waals surface area contributed by atoms with E-state index < -0.39 is 11.6 Å². The first-order valence-electron chi connectivity index (χ1n) is 7.23. The molecular formula is C15H23F2N3. The first-order valence-corrected chi connectivity index (χ1v) is 7.23. The van der Waals surface area contributed by atoms with Crippen molar-refractivity contribution in [1.82, 2.24) is 4.90 Å². The summed E-state index contributed by atoms with van der Waals surface area (Å²) in [5.74, 6) is -0.962. The fourth-order valence-electron chi connectivity index (χ4n) is 2.90. The molecular weight excluding hydrogens is 260 g/mol. The highest BCUT2D eigenvalue weighted by molar-refractivity contribution is 5.51. The molecule has 1 saturated heterocycles. The van der Waals surface area contributed by atoms with Crippen LogP contribution in [0.1, 0.15) is 19.4 Å². The summed E-state index contributed by atoms with van der Waals surface area (Å²) in [4.78, 5) is 4.13. The quantitative estimate of drug-likeness (QED) is 0.917. The molecule has 1 aromatic carbocycles. The third-order valence-electron chi connectivity index (χ3n) is 4.00. The third kappa shape index (κ3) is 3.10. The van der Waals surface area contributed by atoms with Crippen LogP contribution in [0.4, 0.5) is 14.5 Å². The number of hydrogen-bond acceptors (Lipinski definition) is 3. The molecule has 1 unspecified atom stereocenters. The van der Waals surface area contributed by atoms with Crippen molar-refractivity contribution in [3.63, 3.8) is 0 Å². The second kappa shape index (κ2) is 6.50. The van der Waals surface area contributed by atoms with Crippen LogP contribution in [0.5, 0.6) is 0 Å². The van der Waals surface area contributed by atoms with Crippen LogP contribution in [0.15, 0.2) is 12.1 Å². The van der Waals surface area contributed by atoms with Crippen molar-refractivity contribution in [2.45, 2.75) is 26.3 Å². The minimum atomic E-state index is -0.481. The van der Waals surface area contributed by atoms with Crippen molar-refractivity contribution in [2.75, 3.05) is 37.6 Å². The van der Waals surface area contributed by atoms with E-state index in [1.54, 1.807) is 0 Å². The summed E-state index contributed by atoms with van der Waals surface area (Å²) in [7, 11) is 0. The maximum Gasteiger partial charge on any atom is 0.149 e. The molecule has 5 heteroatoms. The number of benzene rings is 1. The molecule has 2 N–H and O–H groups in total. The minimum absolute atomic E-state index is 0.105. The van der Waals surface area contributed by atoms with Crippen molar-refractivity contribution in [1.29, 1.82) is 0 Å². The summed E-state index contributed by atoms with van der Waals surface area (Å²) >= 11 is 0. The van der Waals surface area contributed by atoms with Gasteiger partial charge in [-0.15, -0.1) is 0 Å². The number of piperazine rings is 1. The average molecular weight is 283 g/mol. The normalized spacial score (nSPS) is 20.4. The van der Waals surface area contributed by atoms with E-state index in [4.69, 9.17) is 5.73 Å². The van der Waals surface area contributed by atoms with E-state index in [0.717, 1.165) is 13.1 Å². The lowest BCUT2D eigenvalue weighted by atomic mass is 10.1. The predicted octanol–water partition coefficient (Wildman–Crippen LogP) is 2.00. The number of likely N-dealkylation sites (N-methyl/N-ethyl adjacent to an activating group) is 1. The van der Waals surface area contributed by atoms with Gasteiger partial charge in [0.15, 0.2) is 0 Å². The fraction of sp³-hybridized carbons (Fsp3) is 0.600. The van der Waals surface area contributed by atoms with Crippen molar-refractivity contribution in [3.8, 4) is 0 Å². The molecule has 1 aliphatic heterocycles. The van der Waals surface area contributed by atoms with Crippen molar-refractivity contribution >= 4 is 5.69 Å². The molecule has 1 aromatic rings.